The number of benzene rings is 1. The fraction of sp³-hybridized carbons (Fsp3) is 0.500. The van der Waals surface area contributed by atoms with Crippen LogP contribution in [-0.4, -0.2) is 23.5 Å². The molecule has 4 nitrogen and oxygen atoms in total. The normalized spacial score (nSPS) is 13.5. The van der Waals surface area contributed by atoms with Gasteiger partial charge < -0.3 is 10.4 Å². The van der Waals surface area contributed by atoms with Crippen LogP contribution in [0.4, 0.5) is 0 Å². The van der Waals surface area contributed by atoms with Crippen molar-refractivity contribution in [1.29, 1.82) is 0 Å². The molecule has 0 bridgehead atoms. The van der Waals surface area contributed by atoms with Gasteiger partial charge in [0.15, 0.2) is 0 Å². The molecule has 1 rings (SSSR count). The van der Waals surface area contributed by atoms with E-state index in [1.807, 2.05) is 31.2 Å². The van der Waals surface area contributed by atoms with Crippen LogP contribution in [0.3, 0.4) is 0 Å². The van der Waals surface area contributed by atoms with E-state index < -0.39 is 5.97 Å². The first kappa shape index (κ1) is 17.7. The lowest BCUT2D eigenvalue weighted by Crippen LogP contribution is -2.26. The summed E-state index contributed by atoms with van der Waals surface area (Å²) in [6.07, 6.45) is 1.71. The number of aliphatic carboxylic acids is 1. The predicted octanol–water partition coefficient (Wildman–Crippen LogP) is 3.56. The van der Waals surface area contributed by atoms with Crippen LogP contribution < -0.4 is 5.32 Å². The van der Waals surface area contributed by atoms with Crippen LogP contribution in [0.2, 0.25) is 0 Å². The average molecular weight is 356 g/mol. The van der Waals surface area contributed by atoms with E-state index in [0.717, 1.165) is 10.0 Å². The van der Waals surface area contributed by atoms with Gasteiger partial charge >= 0.3 is 5.97 Å². The minimum Gasteiger partial charge on any atom is -0.481 e. The Hall–Kier alpha value is -1.36. The molecule has 2 unspecified atom stereocenters. The number of halogens is 1. The van der Waals surface area contributed by atoms with Gasteiger partial charge in [0.1, 0.15) is 0 Å². The van der Waals surface area contributed by atoms with Crippen molar-refractivity contribution in [3.8, 4) is 0 Å². The first-order chi connectivity index (χ1) is 9.90. The minimum absolute atomic E-state index is 0.00777. The van der Waals surface area contributed by atoms with Gasteiger partial charge in [-0.05, 0) is 36.5 Å². The molecule has 21 heavy (non-hydrogen) atoms. The van der Waals surface area contributed by atoms with Crippen molar-refractivity contribution in [2.24, 2.45) is 5.92 Å². The monoisotopic (exact) mass is 355 g/mol. The van der Waals surface area contributed by atoms with Gasteiger partial charge in [-0.15, -0.1) is 0 Å². The number of carboxylic acid groups (broad SMARTS) is 1. The van der Waals surface area contributed by atoms with Crippen LogP contribution >= 0.6 is 15.9 Å². The molecule has 0 aliphatic heterocycles. The zero-order chi connectivity index (χ0) is 15.8. The topological polar surface area (TPSA) is 66.4 Å². The molecule has 2 N–H and O–H groups in total. The van der Waals surface area contributed by atoms with E-state index in [1.54, 1.807) is 6.92 Å². The minimum atomic E-state index is -0.787. The Bertz CT molecular complexity index is 473. The quantitative estimate of drug-likeness (QED) is 0.700. The lowest BCUT2D eigenvalue weighted by Gasteiger charge is -2.12. The molecule has 0 aromatic heterocycles. The number of rotatable bonds is 8. The summed E-state index contributed by atoms with van der Waals surface area (Å²) in [4.78, 5) is 22.5. The van der Waals surface area contributed by atoms with E-state index in [4.69, 9.17) is 5.11 Å². The third-order valence-electron chi connectivity index (χ3n) is 3.49. The molecule has 1 aromatic carbocycles. The highest BCUT2D eigenvalue weighted by molar-refractivity contribution is 9.10. The molecule has 1 aromatic rings. The summed E-state index contributed by atoms with van der Waals surface area (Å²) in [7, 11) is 0. The third kappa shape index (κ3) is 6.76. The van der Waals surface area contributed by atoms with Gasteiger partial charge in [0.05, 0.1) is 5.92 Å². The lowest BCUT2D eigenvalue weighted by atomic mass is 9.97. The number of amides is 1. The summed E-state index contributed by atoms with van der Waals surface area (Å²) in [5.74, 6) is -0.974. The molecule has 0 saturated carbocycles. The second-order valence-corrected chi connectivity index (χ2v) is 6.30. The molecule has 0 aliphatic rings. The van der Waals surface area contributed by atoms with E-state index in [2.05, 4.69) is 21.2 Å². The van der Waals surface area contributed by atoms with Gasteiger partial charge in [-0.3, -0.25) is 9.59 Å². The number of carbonyl (C=O) groups is 2. The maximum Gasteiger partial charge on any atom is 0.306 e. The number of carbonyl (C=O) groups excluding carboxylic acids is 1. The first-order valence-electron chi connectivity index (χ1n) is 7.15. The molecule has 0 heterocycles. The molecule has 0 saturated heterocycles. The predicted molar refractivity (Wildman–Crippen MR) is 86.2 cm³/mol. The Labute approximate surface area is 134 Å². The van der Waals surface area contributed by atoms with Gasteiger partial charge in [-0.1, -0.05) is 41.9 Å². The Balaban J connectivity index is 2.27. The van der Waals surface area contributed by atoms with Crippen LogP contribution in [0, 0.1) is 5.92 Å². The van der Waals surface area contributed by atoms with Crippen molar-refractivity contribution in [2.75, 3.05) is 6.54 Å². The van der Waals surface area contributed by atoms with Gasteiger partial charge in [0.2, 0.25) is 5.91 Å². The van der Waals surface area contributed by atoms with Gasteiger partial charge in [0, 0.05) is 17.4 Å². The summed E-state index contributed by atoms with van der Waals surface area (Å²) in [6, 6.07) is 7.96. The van der Waals surface area contributed by atoms with Crippen LogP contribution in [-0.2, 0) is 9.59 Å². The summed E-state index contributed by atoms with van der Waals surface area (Å²) in [5, 5.41) is 11.6. The lowest BCUT2D eigenvalue weighted by molar-refractivity contribution is -0.141. The Morgan fingerprint density at radius 3 is 2.43 bits per heavy atom. The fourth-order valence-electron chi connectivity index (χ4n) is 2.02. The zero-order valence-corrected chi connectivity index (χ0v) is 14.0. The maximum atomic E-state index is 11.8. The molecule has 1 amide bonds. The van der Waals surface area contributed by atoms with E-state index in [-0.39, 0.29) is 17.7 Å². The van der Waals surface area contributed by atoms with Crippen molar-refractivity contribution in [3.05, 3.63) is 34.3 Å². The summed E-state index contributed by atoms with van der Waals surface area (Å²) < 4.78 is 1.02. The summed E-state index contributed by atoms with van der Waals surface area (Å²) in [5.41, 5.74) is 1.13. The third-order valence-corrected chi connectivity index (χ3v) is 4.02. The van der Waals surface area contributed by atoms with Crippen LogP contribution in [0.15, 0.2) is 28.7 Å². The van der Waals surface area contributed by atoms with Gasteiger partial charge in [-0.25, -0.2) is 0 Å². The summed E-state index contributed by atoms with van der Waals surface area (Å²) in [6.45, 7) is 4.23. The molecular formula is C16H22BrNO3. The van der Waals surface area contributed by atoms with Crippen LogP contribution in [0.25, 0.3) is 0 Å². The highest BCUT2D eigenvalue weighted by Crippen LogP contribution is 2.21. The van der Waals surface area contributed by atoms with E-state index in [0.29, 0.717) is 25.8 Å². The maximum absolute atomic E-state index is 11.8. The molecule has 2 atom stereocenters. The number of hydrogen-bond donors (Lipinski definition) is 2. The molecular weight excluding hydrogens is 334 g/mol. The molecule has 5 heteroatoms. The molecule has 0 fully saturated rings. The SMILES string of the molecule is CC(CCCNC(=O)CC(C)c1ccc(Br)cc1)C(=O)O. The second-order valence-electron chi connectivity index (χ2n) is 5.39. The number of carboxylic acids is 1. The summed E-state index contributed by atoms with van der Waals surface area (Å²) >= 11 is 3.39. The molecule has 0 aliphatic carbocycles. The Kier molecular flexibility index (Phi) is 7.43. The fourth-order valence-corrected chi connectivity index (χ4v) is 2.28. The second kappa shape index (κ2) is 8.82. The largest absolute Gasteiger partial charge is 0.481 e. The average Bonchev–Trinajstić information content (AvgIpc) is 2.43. The highest BCUT2D eigenvalue weighted by Gasteiger charge is 2.12. The van der Waals surface area contributed by atoms with Crippen molar-refractivity contribution in [2.45, 2.75) is 39.0 Å². The van der Waals surface area contributed by atoms with Crippen molar-refractivity contribution >= 4 is 27.8 Å². The molecule has 0 radical (unpaired) electrons. The van der Waals surface area contributed by atoms with Crippen molar-refractivity contribution in [1.82, 2.24) is 5.32 Å². The van der Waals surface area contributed by atoms with Crippen molar-refractivity contribution in [3.63, 3.8) is 0 Å². The Morgan fingerprint density at radius 2 is 1.86 bits per heavy atom. The van der Waals surface area contributed by atoms with E-state index in [9.17, 15) is 9.59 Å². The van der Waals surface area contributed by atoms with Gasteiger partial charge in [0.25, 0.3) is 0 Å². The Morgan fingerprint density at radius 1 is 1.24 bits per heavy atom. The highest BCUT2D eigenvalue weighted by atomic mass is 79.9. The van der Waals surface area contributed by atoms with Crippen molar-refractivity contribution < 1.29 is 14.7 Å². The first-order valence-corrected chi connectivity index (χ1v) is 7.94. The molecule has 116 valence electrons. The van der Waals surface area contributed by atoms with Crippen LogP contribution in [0.1, 0.15) is 44.6 Å². The van der Waals surface area contributed by atoms with Gasteiger partial charge in [-0.2, -0.15) is 0 Å². The number of hydrogen-bond acceptors (Lipinski definition) is 2. The molecule has 0 spiro atoms. The smallest absolute Gasteiger partial charge is 0.306 e. The standard InChI is InChI=1S/C16H22BrNO3/c1-11(16(20)21)4-3-9-18-15(19)10-12(2)13-5-7-14(17)8-6-13/h5-8,11-12H,3-4,9-10H2,1-2H3,(H,18,19)(H,20,21). The number of nitrogens with one attached hydrogen (secondary N) is 1. The van der Waals surface area contributed by atoms with E-state index in [1.165, 1.54) is 0 Å². The van der Waals surface area contributed by atoms with Crippen LogP contribution in [0.5, 0.6) is 0 Å². The zero-order valence-electron chi connectivity index (χ0n) is 12.4. The van der Waals surface area contributed by atoms with E-state index >= 15 is 0 Å².